The van der Waals surface area contributed by atoms with Crippen LogP contribution >= 0.6 is 0 Å². The van der Waals surface area contributed by atoms with Crippen molar-refractivity contribution >= 4 is 0 Å². The Morgan fingerprint density at radius 3 is 2.71 bits per heavy atom. The molecule has 2 nitrogen and oxygen atoms in total. The van der Waals surface area contributed by atoms with Crippen LogP contribution in [0.25, 0.3) is 0 Å². The molecule has 14 heavy (non-hydrogen) atoms. The summed E-state index contributed by atoms with van der Waals surface area (Å²) in [7, 11) is 0. The first-order chi connectivity index (χ1) is 6.88. The molecule has 0 aliphatic rings. The maximum atomic E-state index is 8.78. The fourth-order valence-electron chi connectivity index (χ4n) is 1.63. The van der Waals surface area contributed by atoms with Crippen LogP contribution in [0.1, 0.15) is 50.2 Å². The number of nitrogens with zero attached hydrogens (tertiary/aromatic N) is 1. The van der Waals surface area contributed by atoms with E-state index in [1.807, 2.05) is 6.20 Å². The van der Waals surface area contributed by atoms with Crippen molar-refractivity contribution < 1.29 is 0 Å². The minimum atomic E-state index is 0.806. The lowest BCUT2D eigenvalue weighted by molar-refractivity contribution is 0.632. The maximum Gasteiger partial charge on any atom is 0.101 e. The van der Waals surface area contributed by atoms with Gasteiger partial charge in [0.05, 0.1) is 5.56 Å². The third-order valence-electron chi connectivity index (χ3n) is 2.50. The fourth-order valence-corrected chi connectivity index (χ4v) is 1.63. The van der Waals surface area contributed by atoms with Crippen LogP contribution in [0, 0.1) is 11.3 Å². The van der Waals surface area contributed by atoms with Gasteiger partial charge in [-0.2, -0.15) is 5.26 Å². The Morgan fingerprint density at radius 2 is 2.00 bits per heavy atom. The zero-order chi connectivity index (χ0) is 10.2. The molecule has 1 rings (SSSR count). The number of unbranched alkanes of at least 4 members (excludes halogenated alkanes) is 4. The summed E-state index contributed by atoms with van der Waals surface area (Å²) in [4.78, 5) is 2.98. The van der Waals surface area contributed by atoms with E-state index in [-0.39, 0.29) is 0 Å². The van der Waals surface area contributed by atoms with Gasteiger partial charge in [0.2, 0.25) is 0 Å². The highest BCUT2D eigenvalue weighted by molar-refractivity contribution is 5.34. The van der Waals surface area contributed by atoms with Gasteiger partial charge < -0.3 is 4.98 Å². The van der Waals surface area contributed by atoms with Gasteiger partial charge in [0.15, 0.2) is 0 Å². The molecule has 1 aromatic heterocycles. The Balaban J connectivity index is 2.22. The lowest BCUT2D eigenvalue weighted by atomic mass is 10.1. The first kappa shape index (κ1) is 10.8. The molecule has 0 saturated carbocycles. The Hall–Kier alpha value is -1.23. The van der Waals surface area contributed by atoms with E-state index in [2.05, 4.69) is 18.0 Å². The second-order valence-electron chi connectivity index (χ2n) is 3.67. The number of aromatic nitrogens is 1. The summed E-state index contributed by atoms with van der Waals surface area (Å²) in [6, 6.07) is 2.20. The highest BCUT2D eigenvalue weighted by Gasteiger charge is 2.01. The SMILES string of the molecule is CCCCCCCc1c[nH]cc1C#N. The molecule has 0 atom stereocenters. The average Bonchev–Trinajstić information content (AvgIpc) is 2.65. The van der Waals surface area contributed by atoms with Gasteiger partial charge >= 0.3 is 0 Å². The normalized spacial score (nSPS) is 10.0. The van der Waals surface area contributed by atoms with Crippen LogP contribution in [0.4, 0.5) is 0 Å². The number of aryl methyl sites for hydroxylation is 1. The predicted octanol–water partition coefficient (Wildman–Crippen LogP) is 3.40. The summed E-state index contributed by atoms with van der Waals surface area (Å²) in [6.07, 6.45) is 11.2. The Labute approximate surface area is 86.0 Å². The van der Waals surface area contributed by atoms with Gasteiger partial charge in [-0.15, -0.1) is 0 Å². The standard InChI is InChI=1S/C12H18N2/c1-2-3-4-5-6-7-11-9-14-10-12(11)8-13/h9-10,14H,2-7H2,1H3. The van der Waals surface area contributed by atoms with E-state index in [9.17, 15) is 0 Å². The van der Waals surface area contributed by atoms with Crippen LogP contribution in [-0.4, -0.2) is 4.98 Å². The second kappa shape index (κ2) is 6.26. The highest BCUT2D eigenvalue weighted by Crippen LogP contribution is 2.12. The number of rotatable bonds is 6. The molecule has 76 valence electrons. The highest BCUT2D eigenvalue weighted by atomic mass is 14.6. The minimum absolute atomic E-state index is 0.806. The minimum Gasteiger partial charge on any atom is -0.366 e. The van der Waals surface area contributed by atoms with Crippen molar-refractivity contribution in [1.82, 2.24) is 4.98 Å². The van der Waals surface area contributed by atoms with Gasteiger partial charge in [-0.1, -0.05) is 32.6 Å². The maximum absolute atomic E-state index is 8.78. The number of hydrogen-bond acceptors (Lipinski definition) is 1. The van der Waals surface area contributed by atoms with Gasteiger partial charge in [0.1, 0.15) is 6.07 Å². The van der Waals surface area contributed by atoms with Crippen molar-refractivity contribution in [2.24, 2.45) is 0 Å². The van der Waals surface area contributed by atoms with E-state index < -0.39 is 0 Å². The fraction of sp³-hybridized carbons (Fsp3) is 0.583. The average molecular weight is 190 g/mol. The topological polar surface area (TPSA) is 39.6 Å². The number of nitriles is 1. The van der Waals surface area contributed by atoms with Crippen molar-refractivity contribution in [2.75, 3.05) is 0 Å². The summed E-state index contributed by atoms with van der Waals surface area (Å²) < 4.78 is 0. The molecule has 0 aliphatic carbocycles. The lowest BCUT2D eigenvalue weighted by Crippen LogP contribution is -1.86. The van der Waals surface area contributed by atoms with E-state index >= 15 is 0 Å². The molecular formula is C12H18N2. The van der Waals surface area contributed by atoms with Gasteiger partial charge in [-0.25, -0.2) is 0 Å². The Bertz CT molecular complexity index is 294. The van der Waals surface area contributed by atoms with E-state index in [0.29, 0.717) is 0 Å². The van der Waals surface area contributed by atoms with Gasteiger partial charge in [0, 0.05) is 12.4 Å². The van der Waals surface area contributed by atoms with Crippen LogP contribution in [0.2, 0.25) is 0 Å². The third-order valence-corrected chi connectivity index (χ3v) is 2.50. The summed E-state index contributed by atoms with van der Waals surface area (Å²) in [5.41, 5.74) is 1.98. The quantitative estimate of drug-likeness (QED) is 0.686. The molecule has 0 unspecified atom stereocenters. The molecule has 0 amide bonds. The molecule has 0 radical (unpaired) electrons. The molecule has 1 N–H and O–H groups in total. The molecule has 1 heterocycles. The first-order valence-electron chi connectivity index (χ1n) is 5.44. The molecule has 0 saturated heterocycles. The molecule has 0 aliphatic heterocycles. The summed E-state index contributed by atoms with van der Waals surface area (Å²) in [5, 5.41) is 8.78. The number of aromatic amines is 1. The molecule has 1 aromatic rings. The number of hydrogen-bond donors (Lipinski definition) is 1. The zero-order valence-electron chi connectivity index (χ0n) is 8.84. The van der Waals surface area contributed by atoms with Crippen molar-refractivity contribution in [3.8, 4) is 6.07 Å². The lowest BCUT2D eigenvalue weighted by Gasteiger charge is -1.99. The third kappa shape index (κ3) is 3.26. The van der Waals surface area contributed by atoms with Crippen molar-refractivity contribution in [2.45, 2.75) is 45.4 Å². The van der Waals surface area contributed by atoms with Gasteiger partial charge in [-0.05, 0) is 18.4 Å². The molecule has 0 spiro atoms. The number of H-pyrrole nitrogens is 1. The van der Waals surface area contributed by atoms with Crippen LogP contribution in [0.3, 0.4) is 0 Å². The van der Waals surface area contributed by atoms with Crippen LogP contribution in [0.5, 0.6) is 0 Å². The van der Waals surface area contributed by atoms with Crippen molar-refractivity contribution in [3.05, 3.63) is 23.5 Å². The van der Waals surface area contributed by atoms with E-state index in [4.69, 9.17) is 5.26 Å². The molecule has 0 fully saturated rings. The summed E-state index contributed by atoms with van der Waals surface area (Å²) in [6.45, 7) is 2.22. The van der Waals surface area contributed by atoms with Crippen molar-refractivity contribution in [3.63, 3.8) is 0 Å². The predicted molar refractivity (Wildman–Crippen MR) is 58.0 cm³/mol. The molecule has 0 bridgehead atoms. The van der Waals surface area contributed by atoms with E-state index in [0.717, 1.165) is 12.0 Å². The smallest absolute Gasteiger partial charge is 0.101 e. The van der Waals surface area contributed by atoms with E-state index in [1.54, 1.807) is 6.20 Å². The van der Waals surface area contributed by atoms with Crippen molar-refractivity contribution in [1.29, 1.82) is 5.26 Å². The van der Waals surface area contributed by atoms with Gasteiger partial charge in [0.25, 0.3) is 0 Å². The number of nitrogens with one attached hydrogen (secondary N) is 1. The van der Waals surface area contributed by atoms with Crippen LogP contribution in [0.15, 0.2) is 12.4 Å². The second-order valence-corrected chi connectivity index (χ2v) is 3.67. The van der Waals surface area contributed by atoms with E-state index in [1.165, 1.54) is 37.7 Å². The Kier molecular flexibility index (Phi) is 4.85. The molecule has 2 heteroatoms. The van der Waals surface area contributed by atoms with Crippen LogP contribution in [-0.2, 0) is 6.42 Å². The van der Waals surface area contributed by atoms with Gasteiger partial charge in [-0.3, -0.25) is 0 Å². The Morgan fingerprint density at radius 1 is 1.21 bits per heavy atom. The molecule has 0 aromatic carbocycles. The summed E-state index contributed by atoms with van der Waals surface area (Å²) in [5.74, 6) is 0. The largest absolute Gasteiger partial charge is 0.366 e. The monoisotopic (exact) mass is 190 g/mol. The first-order valence-corrected chi connectivity index (χ1v) is 5.44. The molecular weight excluding hydrogens is 172 g/mol. The zero-order valence-corrected chi connectivity index (χ0v) is 8.84. The summed E-state index contributed by atoms with van der Waals surface area (Å²) >= 11 is 0. The van der Waals surface area contributed by atoms with Crippen LogP contribution < -0.4 is 0 Å².